The second-order valence-corrected chi connectivity index (χ2v) is 8.02. The first kappa shape index (κ1) is 21.6. The summed E-state index contributed by atoms with van der Waals surface area (Å²) >= 11 is 1.33. The van der Waals surface area contributed by atoms with E-state index in [-0.39, 0.29) is 30.3 Å². The van der Waals surface area contributed by atoms with Gasteiger partial charge in [0.05, 0.1) is 11.3 Å². The number of carbonyl (C=O) groups is 3. The van der Waals surface area contributed by atoms with Crippen LogP contribution in [-0.4, -0.2) is 41.5 Å². The van der Waals surface area contributed by atoms with Gasteiger partial charge in [-0.05, 0) is 30.3 Å². The molecule has 3 aromatic rings. The van der Waals surface area contributed by atoms with Crippen molar-refractivity contribution in [2.24, 2.45) is 0 Å². The summed E-state index contributed by atoms with van der Waals surface area (Å²) in [7, 11) is 0. The van der Waals surface area contributed by atoms with Crippen molar-refractivity contribution in [2.75, 3.05) is 19.0 Å². The minimum atomic E-state index is -0.443. The maximum Gasteiger partial charge on any atom is 0.248 e. The molecule has 0 saturated heterocycles. The molecule has 2 N–H and O–H groups in total. The molecule has 0 atom stereocenters. The van der Waals surface area contributed by atoms with E-state index in [1.165, 1.54) is 11.8 Å². The summed E-state index contributed by atoms with van der Waals surface area (Å²) < 4.78 is 10.9. The van der Waals surface area contributed by atoms with Crippen molar-refractivity contribution in [3.63, 3.8) is 0 Å². The second kappa shape index (κ2) is 10.1. The van der Waals surface area contributed by atoms with Gasteiger partial charge in [0.25, 0.3) is 0 Å². The van der Waals surface area contributed by atoms with Crippen LogP contribution < -0.4 is 20.3 Å². The van der Waals surface area contributed by atoms with Crippen molar-refractivity contribution in [3.8, 4) is 11.5 Å². The maximum atomic E-state index is 12.4. The van der Waals surface area contributed by atoms with Gasteiger partial charge in [-0.2, -0.15) is 0 Å². The largest absolute Gasteiger partial charge is 0.486 e. The van der Waals surface area contributed by atoms with Gasteiger partial charge in [-0.25, -0.2) is 0 Å². The Hall–Kier alpha value is -3.59. The van der Waals surface area contributed by atoms with E-state index in [1.54, 1.807) is 24.4 Å². The summed E-state index contributed by atoms with van der Waals surface area (Å²) in [6, 6.07) is 14.5. The lowest BCUT2D eigenvalue weighted by Crippen LogP contribution is -2.42. The van der Waals surface area contributed by atoms with Crippen LogP contribution in [0.5, 0.6) is 11.5 Å². The highest BCUT2D eigenvalue weighted by Crippen LogP contribution is 2.31. The number of aromatic nitrogens is 1. The van der Waals surface area contributed by atoms with E-state index in [9.17, 15) is 14.4 Å². The number of ether oxygens (including phenoxy) is 2. The number of hydrazine groups is 1. The lowest BCUT2D eigenvalue weighted by molar-refractivity contribution is -0.127. The standard InChI is InChI=1S/C23H21N3O5S/c27-17(16-6-8-18-19(13-16)31-12-11-30-18)7-9-21(28)25-26-22(29)14-32-20-5-1-3-15-4-2-10-24-23(15)20/h1-6,8,10,13H,7,9,11-12,14H2,(H,25,28)(H,26,29). The highest BCUT2D eigenvalue weighted by atomic mass is 32.2. The minimum Gasteiger partial charge on any atom is -0.486 e. The average Bonchev–Trinajstić information content (AvgIpc) is 2.84. The Morgan fingerprint density at radius 2 is 1.69 bits per heavy atom. The highest BCUT2D eigenvalue weighted by Gasteiger charge is 2.16. The Bertz CT molecular complexity index is 1160. The van der Waals surface area contributed by atoms with Crippen LogP contribution in [0.3, 0.4) is 0 Å². The fraction of sp³-hybridized carbons (Fsp3) is 0.217. The van der Waals surface area contributed by atoms with Crippen molar-refractivity contribution < 1.29 is 23.9 Å². The number of amides is 2. The lowest BCUT2D eigenvalue weighted by Gasteiger charge is -2.18. The molecule has 4 rings (SSSR count). The summed E-state index contributed by atoms with van der Waals surface area (Å²) in [4.78, 5) is 41.7. The van der Waals surface area contributed by atoms with Gasteiger partial charge in [0.1, 0.15) is 13.2 Å². The Morgan fingerprint density at radius 1 is 0.906 bits per heavy atom. The molecule has 0 fully saturated rings. The van der Waals surface area contributed by atoms with E-state index >= 15 is 0 Å². The molecule has 164 valence electrons. The number of hydrogen-bond acceptors (Lipinski definition) is 7. The number of rotatable bonds is 7. The maximum absolute atomic E-state index is 12.4. The number of nitrogens with zero attached hydrogens (tertiary/aromatic N) is 1. The minimum absolute atomic E-state index is 0.0117. The quantitative estimate of drug-likeness (QED) is 0.323. The van der Waals surface area contributed by atoms with Crippen LogP contribution in [0.25, 0.3) is 10.9 Å². The molecule has 2 aromatic carbocycles. The Morgan fingerprint density at radius 3 is 2.56 bits per heavy atom. The number of para-hydroxylation sites is 1. The molecule has 0 bridgehead atoms. The Balaban J connectivity index is 1.21. The van der Waals surface area contributed by atoms with Gasteiger partial charge >= 0.3 is 0 Å². The third kappa shape index (κ3) is 5.36. The van der Waals surface area contributed by atoms with Crippen molar-refractivity contribution in [3.05, 3.63) is 60.3 Å². The molecular formula is C23H21N3O5S. The molecule has 32 heavy (non-hydrogen) atoms. The van der Waals surface area contributed by atoms with Gasteiger partial charge in [-0.1, -0.05) is 18.2 Å². The molecule has 1 aliphatic heterocycles. The van der Waals surface area contributed by atoms with E-state index in [1.807, 2.05) is 30.3 Å². The molecule has 0 aliphatic carbocycles. The number of benzene rings is 2. The molecule has 9 heteroatoms. The van der Waals surface area contributed by atoms with Gasteiger partial charge in [-0.15, -0.1) is 11.8 Å². The Labute approximate surface area is 188 Å². The van der Waals surface area contributed by atoms with E-state index in [0.29, 0.717) is 30.3 Å². The summed E-state index contributed by atoms with van der Waals surface area (Å²) in [6.45, 7) is 0.908. The second-order valence-electron chi connectivity index (χ2n) is 7.00. The highest BCUT2D eigenvalue weighted by molar-refractivity contribution is 8.00. The van der Waals surface area contributed by atoms with E-state index < -0.39 is 5.91 Å². The van der Waals surface area contributed by atoms with Crippen LogP contribution in [0.2, 0.25) is 0 Å². The molecule has 0 unspecified atom stereocenters. The topological polar surface area (TPSA) is 107 Å². The van der Waals surface area contributed by atoms with Gasteiger partial charge in [0.15, 0.2) is 17.3 Å². The van der Waals surface area contributed by atoms with E-state index in [2.05, 4.69) is 15.8 Å². The van der Waals surface area contributed by atoms with E-state index in [4.69, 9.17) is 9.47 Å². The number of pyridine rings is 1. The molecule has 2 amide bonds. The molecule has 0 radical (unpaired) electrons. The van der Waals surface area contributed by atoms with Gasteiger partial charge in [0, 0.05) is 34.9 Å². The smallest absolute Gasteiger partial charge is 0.248 e. The molecular weight excluding hydrogens is 430 g/mol. The number of thioether (sulfide) groups is 1. The van der Waals surface area contributed by atoms with Gasteiger partial charge in [0.2, 0.25) is 11.8 Å². The number of carbonyl (C=O) groups excluding carboxylic acids is 3. The molecule has 1 aromatic heterocycles. The number of nitrogens with one attached hydrogen (secondary N) is 2. The normalized spacial score (nSPS) is 12.2. The number of fused-ring (bicyclic) bond motifs is 2. The van der Waals surface area contributed by atoms with Crippen LogP contribution in [0, 0.1) is 0 Å². The van der Waals surface area contributed by atoms with Gasteiger partial charge < -0.3 is 9.47 Å². The van der Waals surface area contributed by atoms with Crippen LogP contribution in [-0.2, 0) is 9.59 Å². The zero-order valence-corrected chi connectivity index (χ0v) is 17.9. The molecule has 1 aliphatic rings. The predicted octanol–water partition coefficient (Wildman–Crippen LogP) is 2.91. The lowest BCUT2D eigenvalue weighted by atomic mass is 10.1. The molecule has 0 saturated carbocycles. The first-order valence-corrected chi connectivity index (χ1v) is 11.1. The van der Waals surface area contributed by atoms with Crippen molar-refractivity contribution >= 4 is 40.3 Å². The average molecular weight is 452 g/mol. The predicted molar refractivity (Wildman–Crippen MR) is 120 cm³/mol. The van der Waals surface area contributed by atoms with Crippen LogP contribution in [0.15, 0.2) is 59.6 Å². The third-order valence-corrected chi connectivity index (χ3v) is 5.79. The molecule has 2 heterocycles. The zero-order chi connectivity index (χ0) is 22.3. The summed E-state index contributed by atoms with van der Waals surface area (Å²) in [5.41, 5.74) is 6.00. The summed E-state index contributed by atoms with van der Waals surface area (Å²) in [5, 5.41) is 0.994. The SMILES string of the molecule is O=C(CCC(=O)c1ccc2c(c1)OCCO2)NNC(=O)CSc1cccc2cccnc12. The summed E-state index contributed by atoms with van der Waals surface area (Å²) in [5.74, 6) is 0.257. The Kier molecular flexibility index (Phi) is 6.86. The number of Topliss-reactive ketones (excluding diaryl/α,β-unsaturated/α-hetero) is 1. The zero-order valence-electron chi connectivity index (χ0n) is 17.1. The first-order valence-electron chi connectivity index (χ1n) is 10.1. The van der Waals surface area contributed by atoms with Crippen LogP contribution in [0.4, 0.5) is 0 Å². The van der Waals surface area contributed by atoms with Crippen molar-refractivity contribution in [1.82, 2.24) is 15.8 Å². The third-order valence-electron chi connectivity index (χ3n) is 4.74. The first-order chi connectivity index (χ1) is 15.6. The van der Waals surface area contributed by atoms with Crippen molar-refractivity contribution in [2.45, 2.75) is 17.7 Å². The monoisotopic (exact) mass is 451 g/mol. The summed E-state index contributed by atoms with van der Waals surface area (Å²) in [6.07, 6.45) is 1.67. The number of ketones is 1. The van der Waals surface area contributed by atoms with Crippen LogP contribution >= 0.6 is 11.8 Å². The van der Waals surface area contributed by atoms with Crippen LogP contribution in [0.1, 0.15) is 23.2 Å². The molecule has 8 nitrogen and oxygen atoms in total. The van der Waals surface area contributed by atoms with E-state index in [0.717, 1.165) is 15.8 Å². The van der Waals surface area contributed by atoms with Gasteiger partial charge in [-0.3, -0.25) is 30.2 Å². The fourth-order valence-corrected chi connectivity index (χ4v) is 4.00. The molecule has 0 spiro atoms. The fourth-order valence-electron chi connectivity index (χ4n) is 3.16. The number of hydrogen-bond donors (Lipinski definition) is 2. The van der Waals surface area contributed by atoms with Crippen molar-refractivity contribution in [1.29, 1.82) is 0 Å².